The van der Waals surface area contributed by atoms with E-state index in [1.807, 2.05) is 0 Å². The van der Waals surface area contributed by atoms with Crippen molar-refractivity contribution in [3.05, 3.63) is 6.07 Å². The van der Waals surface area contributed by atoms with Crippen LogP contribution in [0.25, 0.3) is 0 Å². The van der Waals surface area contributed by atoms with Crippen molar-refractivity contribution in [3.8, 4) is 0 Å². The van der Waals surface area contributed by atoms with Crippen LogP contribution in [-0.4, -0.2) is 9.97 Å². The fourth-order valence-electron chi connectivity index (χ4n) is 0.559. The van der Waals surface area contributed by atoms with E-state index in [9.17, 15) is 0 Å². The van der Waals surface area contributed by atoms with Gasteiger partial charge in [-0.3, -0.25) is 0 Å². The first-order valence-electron chi connectivity index (χ1n) is 2.59. The Labute approximate surface area is 57.4 Å². The second-order valence-corrected chi connectivity index (χ2v) is 1.68. The number of aromatic nitrogens is 2. The monoisotopic (exact) mass is 140 g/mol. The molecule has 0 saturated heterocycles. The molecule has 1 aromatic heterocycles. The number of hydrazine groups is 1. The van der Waals surface area contributed by atoms with Crippen LogP contribution in [0.3, 0.4) is 0 Å². The van der Waals surface area contributed by atoms with E-state index in [2.05, 4.69) is 15.4 Å². The molecule has 0 amide bonds. The van der Waals surface area contributed by atoms with E-state index in [0.717, 1.165) is 0 Å². The molecule has 1 aromatic rings. The number of nitrogens with zero attached hydrogens (tertiary/aromatic N) is 2. The Morgan fingerprint density at radius 3 is 2.50 bits per heavy atom. The molecule has 1 heterocycles. The maximum atomic E-state index is 5.31. The van der Waals surface area contributed by atoms with Gasteiger partial charge in [0.2, 0.25) is 5.95 Å². The van der Waals surface area contributed by atoms with Crippen molar-refractivity contribution in [2.45, 2.75) is 0 Å². The van der Waals surface area contributed by atoms with Crippen LogP contribution >= 0.6 is 0 Å². The lowest BCUT2D eigenvalue weighted by atomic mass is 10.5. The molecular weight excluding hydrogens is 132 g/mol. The predicted molar refractivity (Wildman–Crippen MR) is 38.7 cm³/mol. The molecule has 0 bridgehead atoms. The van der Waals surface area contributed by atoms with E-state index in [-0.39, 0.29) is 5.95 Å². The SMILES string of the molecule is NNc1cc(N)nc(N)n1. The van der Waals surface area contributed by atoms with Gasteiger partial charge in [-0.25, -0.2) is 5.84 Å². The van der Waals surface area contributed by atoms with Gasteiger partial charge in [-0.1, -0.05) is 0 Å². The minimum Gasteiger partial charge on any atom is -0.383 e. The third kappa shape index (κ3) is 1.23. The van der Waals surface area contributed by atoms with E-state index in [1.54, 1.807) is 0 Å². The fraction of sp³-hybridized carbons (Fsp3) is 0. The molecule has 7 N–H and O–H groups in total. The van der Waals surface area contributed by atoms with Crippen LogP contribution in [0.1, 0.15) is 0 Å². The second kappa shape index (κ2) is 2.36. The van der Waals surface area contributed by atoms with Crippen molar-refractivity contribution < 1.29 is 0 Å². The quantitative estimate of drug-likeness (QED) is 0.291. The Balaban J connectivity index is 3.06. The van der Waals surface area contributed by atoms with Crippen LogP contribution in [-0.2, 0) is 0 Å². The van der Waals surface area contributed by atoms with Crippen molar-refractivity contribution in [1.82, 2.24) is 9.97 Å². The highest BCUT2D eigenvalue weighted by Gasteiger charge is 1.95. The molecule has 0 unspecified atom stereocenters. The van der Waals surface area contributed by atoms with Crippen LogP contribution in [0.5, 0.6) is 0 Å². The van der Waals surface area contributed by atoms with Gasteiger partial charge < -0.3 is 16.9 Å². The van der Waals surface area contributed by atoms with Gasteiger partial charge in [-0.05, 0) is 0 Å². The fourth-order valence-corrected chi connectivity index (χ4v) is 0.559. The lowest BCUT2D eigenvalue weighted by Gasteiger charge is -1.99. The molecular formula is C4H8N6. The summed E-state index contributed by atoms with van der Waals surface area (Å²) in [4.78, 5) is 7.33. The van der Waals surface area contributed by atoms with Crippen molar-refractivity contribution in [3.63, 3.8) is 0 Å². The third-order valence-electron chi connectivity index (χ3n) is 0.911. The Morgan fingerprint density at radius 1 is 1.30 bits per heavy atom. The van der Waals surface area contributed by atoms with Crippen molar-refractivity contribution >= 4 is 17.6 Å². The maximum absolute atomic E-state index is 5.31. The molecule has 1 rings (SSSR count). The molecule has 0 aromatic carbocycles. The largest absolute Gasteiger partial charge is 0.383 e. The van der Waals surface area contributed by atoms with Crippen molar-refractivity contribution in [2.24, 2.45) is 5.84 Å². The van der Waals surface area contributed by atoms with Crippen LogP contribution in [0.2, 0.25) is 0 Å². The van der Waals surface area contributed by atoms with Gasteiger partial charge in [0, 0.05) is 6.07 Å². The summed E-state index contributed by atoms with van der Waals surface area (Å²) in [6, 6.07) is 1.48. The van der Waals surface area contributed by atoms with Gasteiger partial charge >= 0.3 is 0 Å². The summed E-state index contributed by atoms with van der Waals surface area (Å²) in [6.45, 7) is 0. The van der Waals surface area contributed by atoms with Gasteiger partial charge in [0.1, 0.15) is 11.6 Å². The zero-order valence-electron chi connectivity index (χ0n) is 5.20. The molecule has 0 aliphatic carbocycles. The number of nitrogen functional groups attached to an aromatic ring is 3. The maximum Gasteiger partial charge on any atom is 0.223 e. The van der Waals surface area contributed by atoms with Gasteiger partial charge in [-0.2, -0.15) is 9.97 Å². The molecule has 54 valence electrons. The molecule has 0 radical (unpaired) electrons. The van der Waals surface area contributed by atoms with E-state index in [4.69, 9.17) is 17.3 Å². The number of hydrogen-bond donors (Lipinski definition) is 4. The highest BCUT2D eigenvalue weighted by atomic mass is 15.3. The Hall–Kier alpha value is -1.56. The summed E-state index contributed by atoms with van der Waals surface area (Å²) in [7, 11) is 0. The summed E-state index contributed by atoms with van der Waals surface area (Å²) < 4.78 is 0. The summed E-state index contributed by atoms with van der Waals surface area (Å²) in [5.41, 5.74) is 12.8. The topological polar surface area (TPSA) is 116 Å². The normalized spacial score (nSPS) is 9.30. The number of hydrogen-bond acceptors (Lipinski definition) is 6. The molecule has 0 aliphatic rings. The molecule has 6 heteroatoms. The standard InChI is InChI=1S/C4H8N6/c5-2-1-3(10-7)9-4(6)8-2/h1H,7H2,(H5,5,6,8,9,10). The summed E-state index contributed by atoms with van der Waals surface area (Å²) >= 11 is 0. The third-order valence-corrected chi connectivity index (χ3v) is 0.911. The van der Waals surface area contributed by atoms with Crippen LogP contribution in [0, 0.1) is 0 Å². The van der Waals surface area contributed by atoms with Gasteiger partial charge in [0.25, 0.3) is 0 Å². The first kappa shape index (κ1) is 6.56. The zero-order valence-corrected chi connectivity index (χ0v) is 5.20. The predicted octanol–water partition coefficient (Wildman–Crippen LogP) is -1.07. The lowest BCUT2D eigenvalue weighted by Crippen LogP contribution is -2.11. The molecule has 6 nitrogen and oxygen atoms in total. The van der Waals surface area contributed by atoms with Crippen molar-refractivity contribution in [1.29, 1.82) is 0 Å². The number of nitrogens with two attached hydrogens (primary N) is 3. The minimum absolute atomic E-state index is 0.105. The highest BCUT2D eigenvalue weighted by Crippen LogP contribution is 2.06. The summed E-state index contributed by atoms with van der Waals surface area (Å²) in [5, 5.41) is 0. The number of anilines is 3. The zero-order chi connectivity index (χ0) is 7.56. The van der Waals surface area contributed by atoms with E-state index >= 15 is 0 Å². The Bertz CT molecular complexity index is 213. The highest BCUT2D eigenvalue weighted by molar-refractivity contribution is 5.47. The lowest BCUT2D eigenvalue weighted by molar-refractivity contribution is 1.16. The van der Waals surface area contributed by atoms with E-state index in [1.165, 1.54) is 6.07 Å². The first-order chi connectivity index (χ1) is 4.72. The molecule has 0 atom stereocenters. The van der Waals surface area contributed by atoms with E-state index < -0.39 is 0 Å². The second-order valence-electron chi connectivity index (χ2n) is 1.68. The van der Waals surface area contributed by atoms with Crippen LogP contribution < -0.4 is 22.7 Å². The van der Waals surface area contributed by atoms with E-state index in [0.29, 0.717) is 11.6 Å². The molecule has 0 saturated carbocycles. The van der Waals surface area contributed by atoms with Gasteiger partial charge in [0.05, 0.1) is 0 Å². The molecule has 10 heavy (non-hydrogen) atoms. The average molecular weight is 140 g/mol. The smallest absolute Gasteiger partial charge is 0.223 e. The molecule has 0 fully saturated rings. The molecule has 0 aliphatic heterocycles. The van der Waals surface area contributed by atoms with Gasteiger partial charge in [0.15, 0.2) is 0 Å². The number of rotatable bonds is 1. The summed E-state index contributed by atoms with van der Waals surface area (Å²) in [6.07, 6.45) is 0. The average Bonchev–Trinajstić information content (AvgIpc) is 1.85. The Kier molecular flexibility index (Phi) is 1.55. The number of nitrogens with one attached hydrogen (secondary N) is 1. The van der Waals surface area contributed by atoms with Crippen LogP contribution in [0.15, 0.2) is 6.07 Å². The minimum atomic E-state index is 0.105. The molecule has 0 spiro atoms. The van der Waals surface area contributed by atoms with Gasteiger partial charge in [-0.15, -0.1) is 0 Å². The Morgan fingerprint density at radius 2 is 2.00 bits per heavy atom. The first-order valence-corrected chi connectivity index (χ1v) is 2.59. The van der Waals surface area contributed by atoms with Crippen LogP contribution in [0.4, 0.5) is 17.6 Å². The summed E-state index contributed by atoms with van der Waals surface area (Å²) in [5.74, 6) is 5.84. The van der Waals surface area contributed by atoms with Crippen molar-refractivity contribution in [2.75, 3.05) is 16.9 Å².